The van der Waals surface area contributed by atoms with Gasteiger partial charge in [0.15, 0.2) is 0 Å². The predicted molar refractivity (Wildman–Crippen MR) is 95.0 cm³/mol. The van der Waals surface area contributed by atoms with Gasteiger partial charge in [0.1, 0.15) is 11.6 Å². The maximum absolute atomic E-state index is 12.7. The predicted octanol–water partition coefficient (Wildman–Crippen LogP) is 3.25. The molecular formula is C19H23N3O3. The Bertz CT molecular complexity index is 827. The van der Waals surface area contributed by atoms with Crippen molar-refractivity contribution in [3.63, 3.8) is 0 Å². The molecule has 2 heterocycles. The fourth-order valence-electron chi connectivity index (χ4n) is 4.17. The minimum Gasteiger partial charge on any atom is -0.508 e. The third-order valence-corrected chi connectivity index (χ3v) is 5.44. The molecule has 0 radical (unpaired) electrons. The second kappa shape index (κ2) is 6.43. The Morgan fingerprint density at radius 2 is 1.68 bits per heavy atom. The van der Waals surface area contributed by atoms with Crippen LogP contribution in [0.15, 0.2) is 29.1 Å². The topological polar surface area (TPSA) is 87.1 Å². The van der Waals surface area contributed by atoms with Crippen molar-refractivity contribution in [1.82, 2.24) is 9.78 Å². The molecule has 1 aromatic heterocycles. The molecule has 25 heavy (non-hydrogen) atoms. The van der Waals surface area contributed by atoms with E-state index in [-0.39, 0.29) is 35.6 Å². The van der Waals surface area contributed by atoms with E-state index in [2.05, 4.69) is 10.4 Å². The third-order valence-electron chi connectivity index (χ3n) is 5.44. The van der Waals surface area contributed by atoms with E-state index in [9.17, 15) is 14.7 Å². The molecule has 0 bridgehead atoms. The van der Waals surface area contributed by atoms with E-state index in [4.69, 9.17) is 0 Å². The van der Waals surface area contributed by atoms with E-state index in [1.165, 1.54) is 12.8 Å². The molecule has 2 aromatic rings. The fraction of sp³-hybridized carbons (Fsp3) is 0.474. The summed E-state index contributed by atoms with van der Waals surface area (Å²) in [5, 5.41) is 15.4. The number of nitrogens with zero attached hydrogens (tertiary/aromatic N) is 1. The number of nitrogens with one attached hydrogen (secondary N) is 2. The monoisotopic (exact) mass is 341 g/mol. The number of rotatable bonds is 2. The number of benzene rings is 1. The molecule has 1 saturated carbocycles. The Morgan fingerprint density at radius 1 is 1.00 bits per heavy atom. The van der Waals surface area contributed by atoms with Crippen LogP contribution < -0.4 is 10.9 Å². The number of anilines is 1. The maximum Gasteiger partial charge on any atom is 0.270 e. The van der Waals surface area contributed by atoms with E-state index < -0.39 is 0 Å². The molecular weight excluding hydrogens is 318 g/mol. The van der Waals surface area contributed by atoms with Crippen LogP contribution in [0.2, 0.25) is 0 Å². The lowest BCUT2D eigenvalue weighted by Crippen LogP contribution is -2.27. The maximum atomic E-state index is 12.7. The molecule has 4 rings (SSSR count). The van der Waals surface area contributed by atoms with Crippen LogP contribution in [-0.2, 0) is 4.79 Å². The Morgan fingerprint density at radius 3 is 2.36 bits per heavy atom. The molecule has 1 aromatic carbocycles. The van der Waals surface area contributed by atoms with Gasteiger partial charge in [-0.1, -0.05) is 37.8 Å². The molecule has 1 aliphatic heterocycles. The van der Waals surface area contributed by atoms with Crippen LogP contribution in [0, 0.1) is 0 Å². The summed E-state index contributed by atoms with van der Waals surface area (Å²) in [5.74, 6) is 0.451. The average Bonchev–Trinajstić information content (AvgIpc) is 2.78. The van der Waals surface area contributed by atoms with Gasteiger partial charge in [0.05, 0.1) is 11.6 Å². The van der Waals surface area contributed by atoms with Crippen molar-refractivity contribution in [2.75, 3.05) is 5.32 Å². The molecule has 1 atom stereocenters. The lowest BCUT2D eigenvalue weighted by molar-refractivity contribution is -0.116. The zero-order chi connectivity index (χ0) is 17.4. The Kier molecular flexibility index (Phi) is 4.11. The van der Waals surface area contributed by atoms with Gasteiger partial charge in [-0.3, -0.25) is 19.4 Å². The van der Waals surface area contributed by atoms with Crippen LogP contribution in [0.3, 0.4) is 0 Å². The van der Waals surface area contributed by atoms with Crippen LogP contribution >= 0.6 is 0 Å². The minimum absolute atomic E-state index is 0.0769. The van der Waals surface area contributed by atoms with Gasteiger partial charge < -0.3 is 10.4 Å². The highest BCUT2D eigenvalue weighted by atomic mass is 16.3. The summed E-state index contributed by atoms with van der Waals surface area (Å²) in [4.78, 5) is 25.0. The Labute approximate surface area is 145 Å². The number of H-pyrrole nitrogens is 1. The van der Waals surface area contributed by atoms with E-state index >= 15 is 0 Å². The molecule has 1 fully saturated rings. The van der Waals surface area contributed by atoms with E-state index in [0.717, 1.165) is 31.2 Å². The summed E-state index contributed by atoms with van der Waals surface area (Å²) in [6.07, 6.45) is 7.05. The Balaban J connectivity index is 1.77. The minimum atomic E-state index is -0.278. The molecule has 2 aliphatic rings. The van der Waals surface area contributed by atoms with Crippen molar-refractivity contribution in [2.45, 2.75) is 56.9 Å². The van der Waals surface area contributed by atoms with Gasteiger partial charge in [0.2, 0.25) is 5.91 Å². The first-order valence-electron chi connectivity index (χ1n) is 9.06. The summed E-state index contributed by atoms with van der Waals surface area (Å²) < 4.78 is 1.90. The van der Waals surface area contributed by atoms with Gasteiger partial charge in [-0.25, -0.2) is 0 Å². The van der Waals surface area contributed by atoms with Crippen molar-refractivity contribution >= 4 is 11.7 Å². The molecule has 6 heteroatoms. The summed E-state index contributed by atoms with van der Waals surface area (Å²) in [6.45, 7) is 0. The van der Waals surface area contributed by atoms with Crippen molar-refractivity contribution in [1.29, 1.82) is 0 Å². The number of hydrogen-bond acceptors (Lipinski definition) is 3. The third kappa shape index (κ3) is 2.97. The number of aromatic hydroxyl groups is 1. The second-order valence-electron chi connectivity index (χ2n) is 7.12. The molecule has 6 nitrogen and oxygen atoms in total. The van der Waals surface area contributed by atoms with Crippen molar-refractivity contribution in [2.24, 2.45) is 0 Å². The molecule has 132 valence electrons. The fourth-order valence-corrected chi connectivity index (χ4v) is 4.17. The zero-order valence-corrected chi connectivity index (χ0v) is 14.1. The van der Waals surface area contributed by atoms with Gasteiger partial charge in [-0.15, -0.1) is 0 Å². The number of fused-ring (bicyclic) bond motifs is 1. The highest BCUT2D eigenvalue weighted by Gasteiger charge is 2.34. The average molecular weight is 341 g/mol. The number of phenols is 1. The SMILES string of the molecule is O=C1C[C@H](c2ccc(O)cc2)c2c(n(C3CCCCCC3)[nH]c2=O)N1. The molecule has 3 N–H and O–H groups in total. The first kappa shape index (κ1) is 16.0. The summed E-state index contributed by atoms with van der Waals surface area (Å²) in [5.41, 5.74) is 1.38. The number of aromatic amines is 1. The summed E-state index contributed by atoms with van der Waals surface area (Å²) in [6, 6.07) is 6.99. The van der Waals surface area contributed by atoms with Gasteiger partial charge >= 0.3 is 0 Å². The normalized spacial score (nSPS) is 21.4. The smallest absolute Gasteiger partial charge is 0.270 e. The van der Waals surface area contributed by atoms with Gasteiger partial charge in [-0.05, 0) is 30.5 Å². The number of aromatic nitrogens is 2. The number of phenolic OH excluding ortho intramolecular Hbond substituents is 1. The molecule has 1 aliphatic carbocycles. The quantitative estimate of drug-likeness (QED) is 0.733. The van der Waals surface area contributed by atoms with Gasteiger partial charge in [-0.2, -0.15) is 0 Å². The van der Waals surface area contributed by atoms with Crippen LogP contribution in [0.25, 0.3) is 0 Å². The number of amides is 1. The molecule has 0 unspecified atom stereocenters. The Hall–Kier alpha value is -2.50. The highest BCUT2D eigenvalue weighted by Crippen LogP contribution is 2.38. The first-order chi connectivity index (χ1) is 12.1. The number of hydrogen-bond donors (Lipinski definition) is 3. The van der Waals surface area contributed by atoms with Crippen LogP contribution in [0.4, 0.5) is 5.82 Å². The van der Waals surface area contributed by atoms with Gasteiger partial charge in [0.25, 0.3) is 5.56 Å². The lowest BCUT2D eigenvalue weighted by atomic mass is 9.87. The largest absolute Gasteiger partial charge is 0.508 e. The van der Waals surface area contributed by atoms with Gasteiger partial charge in [0, 0.05) is 12.3 Å². The second-order valence-corrected chi connectivity index (χ2v) is 7.12. The lowest BCUT2D eigenvalue weighted by Gasteiger charge is -2.26. The molecule has 1 amide bonds. The van der Waals surface area contributed by atoms with Crippen molar-refractivity contribution in [3.8, 4) is 5.75 Å². The highest BCUT2D eigenvalue weighted by molar-refractivity contribution is 5.94. The van der Waals surface area contributed by atoms with E-state index in [1.807, 2.05) is 4.68 Å². The van der Waals surface area contributed by atoms with Crippen LogP contribution in [0.1, 0.15) is 68.0 Å². The zero-order valence-electron chi connectivity index (χ0n) is 14.1. The standard InChI is InChI=1S/C19H23N3O3/c23-14-9-7-12(8-10-14)15-11-16(24)20-18-17(15)19(25)21-22(18)13-5-3-1-2-4-6-13/h7-10,13,15,23H,1-6,11H2,(H,20,24)(H,21,25)/t15-/m1/s1. The summed E-state index contributed by atoms with van der Waals surface area (Å²) in [7, 11) is 0. The number of carbonyl (C=O) groups is 1. The van der Waals surface area contributed by atoms with E-state index in [0.29, 0.717) is 11.4 Å². The summed E-state index contributed by atoms with van der Waals surface area (Å²) >= 11 is 0. The van der Waals surface area contributed by atoms with Crippen LogP contribution in [-0.4, -0.2) is 20.8 Å². The van der Waals surface area contributed by atoms with Crippen molar-refractivity contribution in [3.05, 3.63) is 45.7 Å². The van der Waals surface area contributed by atoms with E-state index in [1.54, 1.807) is 24.3 Å². The molecule has 0 saturated heterocycles. The van der Waals surface area contributed by atoms with Crippen LogP contribution in [0.5, 0.6) is 5.75 Å². The van der Waals surface area contributed by atoms with Crippen molar-refractivity contribution < 1.29 is 9.90 Å². The first-order valence-corrected chi connectivity index (χ1v) is 9.06. The number of carbonyl (C=O) groups excluding carboxylic acids is 1. The molecule has 0 spiro atoms.